The molecule has 6 heteroatoms. The molecule has 0 radical (unpaired) electrons. The van der Waals surface area contributed by atoms with Gasteiger partial charge in [-0.3, -0.25) is 9.59 Å². The highest BCUT2D eigenvalue weighted by atomic mass is 16.5. The van der Waals surface area contributed by atoms with E-state index in [4.69, 9.17) is 9.47 Å². The highest BCUT2D eigenvalue weighted by molar-refractivity contribution is 5.81. The molecule has 2 aromatic rings. The van der Waals surface area contributed by atoms with Gasteiger partial charge < -0.3 is 19.5 Å². The molecule has 2 rings (SSSR count). The quantitative estimate of drug-likeness (QED) is 0.694. The third kappa shape index (κ3) is 6.66. The van der Waals surface area contributed by atoms with Crippen molar-refractivity contribution in [3.05, 3.63) is 59.7 Å². The van der Waals surface area contributed by atoms with E-state index in [0.717, 1.165) is 17.5 Å². The number of rotatable bonds is 10. The van der Waals surface area contributed by atoms with Crippen LogP contribution in [0, 0.1) is 0 Å². The van der Waals surface area contributed by atoms with Crippen molar-refractivity contribution in [2.24, 2.45) is 0 Å². The number of methoxy groups -OCH3 is 2. The SMILES string of the molecule is COc1cc(CN(CC(=O)O)C(=O)CCCc2ccccc2)cc(OC)c1. The Morgan fingerprint density at radius 2 is 1.59 bits per heavy atom. The molecule has 0 saturated heterocycles. The molecule has 1 amide bonds. The molecule has 0 spiro atoms. The zero-order valence-electron chi connectivity index (χ0n) is 15.7. The van der Waals surface area contributed by atoms with Crippen LogP contribution in [0.25, 0.3) is 0 Å². The predicted molar refractivity (Wildman–Crippen MR) is 102 cm³/mol. The number of amides is 1. The predicted octanol–water partition coefficient (Wildman–Crippen LogP) is 3.14. The number of aryl methyl sites for hydroxylation is 1. The summed E-state index contributed by atoms with van der Waals surface area (Å²) in [6, 6.07) is 15.2. The Kier molecular flexibility index (Phi) is 7.67. The number of carboxylic acid groups (broad SMARTS) is 1. The van der Waals surface area contributed by atoms with Gasteiger partial charge in [-0.15, -0.1) is 0 Å². The van der Waals surface area contributed by atoms with Crippen molar-refractivity contribution < 1.29 is 24.2 Å². The Hall–Kier alpha value is -3.02. The number of benzene rings is 2. The first kappa shape index (κ1) is 20.3. The van der Waals surface area contributed by atoms with E-state index in [-0.39, 0.29) is 19.0 Å². The number of ether oxygens (including phenoxy) is 2. The summed E-state index contributed by atoms with van der Waals surface area (Å²) in [6.45, 7) is -0.159. The number of aliphatic carboxylic acids is 1. The van der Waals surface area contributed by atoms with Gasteiger partial charge in [-0.25, -0.2) is 0 Å². The third-order valence-corrected chi connectivity index (χ3v) is 4.16. The van der Waals surface area contributed by atoms with Crippen LogP contribution in [0.5, 0.6) is 11.5 Å². The van der Waals surface area contributed by atoms with E-state index >= 15 is 0 Å². The van der Waals surface area contributed by atoms with Gasteiger partial charge in [0.25, 0.3) is 0 Å². The molecule has 27 heavy (non-hydrogen) atoms. The van der Waals surface area contributed by atoms with E-state index in [1.807, 2.05) is 30.3 Å². The van der Waals surface area contributed by atoms with Gasteiger partial charge in [0, 0.05) is 19.0 Å². The van der Waals surface area contributed by atoms with Crippen molar-refractivity contribution in [3.8, 4) is 11.5 Å². The largest absolute Gasteiger partial charge is 0.497 e. The van der Waals surface area contributed by atoms with E-state index < -0.39 is 5.97 Å². The number of carbonyl (C=O) groups is 2. The topological polar surface area (TPSA) is 76.1 Å². The van der Waals surface area contributed by atoms with Crippen LogP contribution in [0.3, 0.4) is 0 Å². The fraction of sp³-hybridized carbons (Fsp3) is 0.333. The minimum absolute atomic E-state index is 0.185. The summed E-state index contributed by atoms with van der Waals surface area (Å²) in [6.07, 6.45) is 1.74. The highest BCUT2D eigenvalue weighted by Gasteiger charge is 2.18. The molecule has 0 fully saturated rings. The lowest BCUT2D eigenvalue weighted by Crippen LogP contribution is -2.35. The van der Waals surface area contributed by atoms with E-state index in [1.54, 1.807) is 32.4 Å². The van der Waals surface area contributed by atoms with Crippen molar-refractivity contribution in [2.75, 3.05) is 20.8 Å². The van der Waals surface area contributed by atoms with Crippen LogP contribution in [0.2, 0.25) is 0 Å². The van der Waals surface area contributed by atoms with Crippen molar-refractivity contribution in [2.45, 2.75) is 25.8 Å². The second-order valence-corrected chi connectivity index (χ2v) is 6.20. The van der Waals surface area contributed by atoms with Crippen LogP contribution < -0.4 is 9.47 Å². The maximum absolute atomic E-state index is 12.6. The molecule has 144 valence electrons. The molecule has 6 nitrogen and oxygen atoms in total. The zero-order chi connectivity index (χ0) is 19.6. The number of carbonyl (C=O) groups excluding carboxylic acids is 1. The van der Waals surface area contributed by atoms with Gasteiger partial charge in [-0.1, -0.05) is 30.3 Å². The minimum atomic E-state index is -1.04. The van der Waals surface area contributed by atoms with Crippen LogP contribution >= 0.6 is 0 Å². The smallest absolute Gasteiger partial charge is 0.323 e. The summed E-state index contributed by atoms with van der Waals surface area (Å²) >= 11 is 0. The molecular formula is C21H25NO5. The van der Waals surface area contributed by atoms with Crippen LogP contribution in [0.4, 0.5) is 0 Å². The maximum atomic E-state index is 12.6. The number of hydrogen-bond donors (Lipinski definition) is 1. The first-order valence-electron chi connectivity index (χ1n) is 8.77. The van der Waals surface area contributed by atoms with Gasteiger partial charge in [0.2, 0.25) is 5.91 Å². The summed E-state index contributed by atoms with van der Waals surface area (Å²) in [7, 11) is 3.09. The molecule has 1 N–H and O–H groups in total. The molecular weight excluding hydrogens is 346 g/mol. The summed E-state index contributed by atoms with van der Waals surface area (Å²) in [5.74, 6) is -0.0382. The molecule has 0 aliphatic carbocycles. The van der Waals surface area contributed by atoms with Gasteiger partial charge in [0.1, 0.15) is 18.0 Å². The first-order valence-corrected chi connectivity index (χ1v) is 8.77. The summed E-state index contributed by atoms with van der Waals surface area (Å²) < 4.78 is 10.5. The van der Waals surface area contributed by atoms with E-state index in [1.165, 1.54) is 4.90 Å². The van der Waals surface area contributed by atoms with Crippen LogP contribution in [-0.2, 0) is 22.6 Å². The molecule has 0 atom stereocenters. The second-order valence-electron chi connectivity index (χ2n) is 6.20. The van der Waals surface area contributed by atoms with Gasteiger partial charge in [-0.05, 0) is 36.1 Å². The van der Waals surface area contributed by atoms with Crippen molar-refractivity contribution in [1.29, 1.82) is 0 Å². The number of hydrogen-bond acceptors (Lipinski definition) is 4. The monoisotopic (exact) mass is 371 g/mol. The Bertz CT molecular complexity index is 738. The lowest BCUT2D eigenvalue weighted by atomic mass is 10.1. The standard InChI is InChI=1S/C21H25NO5/c1-26-18-11-17(12-19(13-18)27-2)14-22(15-21(24)25)20(23)10-6-9-16-7-4-3-5-8-16/h3-5,7-8,11-13H,6,9-10,14-15H2,1-2H3,(H,24,25). The fourth-order valence-corrected chi connectivity index (χ4v) is 2.82. The molecule has 0 aliphatic rings. The highest BCUT2D eigenvalue weighted by Crippen LogP contribution is 2.23. The Labute approximate surface area is 159 Å². The van der Waals surface area contributed by atoms with Crippen molar-refractivity contribution >= 4 is 11.9 Å². The Morgan fingerprint density at radius 1 is 0.963 bits per heavy atom. The molecule has 0 bridgehead atoms. The third-order valence-electron chi connectivity index (χ3n) is 4.16. The molecule has 0 saturated carbocycles. The fourth-order valence-electron chi connectivity index (χ4n) is 2.82. The van der Waals surface area contributed by atoms with Crippen molar-refractivity contribution in [3.63, 3.8) is 0 Å². The zero-order valence-corrected chi connectivity index (χ0v) is 15.7. The van der Waals surface area contributed by atoms with Gasteiger partial charge in [0.05, 0.1) is 14.2 Å². The maximum Gasteiger partial charge on any atom is 0.323 e. The van der Waals surface area contributed by atoms with Crippen LogP contribution in [0.1, 0.15) is 24.0 Å². The van der Waals surface area contributed by atoms with E-state index in [9.17, 15) is 14.7 Å². The summed E-state index contributed by atoms with van der Waals surface area (Å²) in [5, 5.41) is 9.17. The molecule has 0 aliphatic heterocycles. The van der Waals surface area contributed by atoms with Gasteiger partial charge >= 0.3 is 5.97 Å². The Morgan fingerprint density at radius 3 is 2.15 bits per heavy atom. The number of carboxylic acids is 1. The molecule has 0 unspecified atom stereocenters. The van der Waals surface area contributed by atoms with Crippen molar-refractivity contribution in [1.82, 2.24) is 4.90 Å². The second kappa shape index (κ2) is 10.2. The lowest BCUT2D eigenvalue weighted by Gasteiger charge is -2.21. The first-order chi connectivity index (χ1) is 13.0. The Balaban J connectivity index is 2.03. The van der Waals surface area contributed by atoms with Gasteiger partial charge in [-0.2, -0.15) is 0 Å². The van der Waals surface area contributed by atoms with Crippen LogP contribution in [0.15, 0.2) is 48.5 Å². The number of nitrogens with zero attached hydrogens (tertiary/aromatic N) is 1. The average Bonchev–Trinajstić information content (AvgIpc) is 2.67. The van der Waals surface area contributed by atoms with Gasteiger partial charge in [0.15, 0.2) is 0 Å². The normalized spacial score (nSPS) is 10.3. The molecule has 0 aromatic heterocycles. The lowest BCUT2D eigenvalue weighted by molar-refractivity contribution is -0.144. The van der Waals surface area contributed by atoms with E-state index in [0.29, 0.717) is 24.3 Å². The average molecular weight is 371 g/mol. The van der Waals surface area contributed by atoms with Crippen LogP contribution in [-0.4, -0.2) is 42.6 Å². The summed E-state index contributed by atoms with van der Waals surface area (Å²) in [5.41, 5.74) is 1.91. The minimum Gasteiger partial charge on any atom is -0.497 e. The van der Waals surface area contributed by atoms with E-state index in [2.05, 4.69) is 0 Å². The molecule has 2 aromatic carbocycles. The molecule has 0 heterocycles. The summed E-state index contributed by atoms with van der Waals surface area (Å²) in [4.78, 5) is 25.1.